The van der Waals surface area contributed by atoms with Crippen LogP contribution in [0.15, 0.2) is 23.7 Å². The number of fused-ring (bicyclic) bond motifs is 1. The average Bonchev–Trinajstić information content (AvgIpc) is 3.24. The lowest BCUT2D eigenvalue weighted by Gasteiger charge is -2.43. The van der Waals surface area contributed by atoms with Crippen molar-refractivity contribution in [1.82, 2.24) is 9.88 Å². The number of benzene rings is 1. The van der Waals surface area contributed by atoms with E-state index in [-0.39, 0.29) is 0 Å². The number of para-hydroxylation sites is 1. The van der Waals surface area contributed by atoms with E-state index in [9.17, 15) is 14.4 Å². The van der Waals surface area contributed by atoms with Crippen LogP contribution in [-0.2, 0) is 28.6 Å². The second-order valence-corrected chi connectivity index (χ2v) is 9.91. The Kier molecular flexibility index (Phi) is 7.67. The molecule has 9 nitrogen and oxygen atoms in total. The average molecular weight is 490 g/mol. The largest absolute Gasteiger partial charge is 0.457 e. The lowest BCUT2D eigenvalue weighted by atomic mass is 9.94. The first-order chi connectivity index (χ1) is 16.3. The van der Waals surface area contributed by atoms with Gasteiger partial charge in [-0.3, -0.25) is 19.3 Å². The van der Waals surface area contributed by atoms with Crippen molar-refractivity contribution < 1.29 is 28.6 Å². The van der Waals surface area contributed by atoms with E-state index in [0.29, 0.717) is 19.0 Å². The Morgan fingerprint density at radius 3 is 2.32 bits per heavy atom. The first kappa shape index (κ1) is 24.4. The highest BCUT2D eigenvalue weighted by Gasteiger charge is 2.43. The van der Waals surface area contributed by atoms with Gasteiger partial charge in [0.2, 0.25) is 0 Å². The van der Waals surface area contributed by atoms with Crippen LogP contribution in [0, 0.1) is 5.92 Å². The summed E-state index contributed by atoms with van der Waals surface area (Å²) in [7, 11) is 0. The van der Waals surface area contributed by atoms with Crippen molar-refractivity contribution in [2.45, 2.75) is 51.9 Å². The van der Waals surface area contributed by atoms with Gasteiger partial charge in [-0.15, -0.1) is 11.3 Å². The molecule has 184 valence electrons. The molecule has 0 N–H and O–H groups in total. The van der Waals surface area contributed by atoms with Crippen molar-refractivity contribution in [3.8, 4) is 0 Å². The molecule has 0 aliphatic carbocycles. The number of anilines is 1. The quantitative estimate of drug-likeness (QED) is 0.448. The topological polar surface area (TPSA) is 98.3 Å². The molecule has 2 aliphatic rings. The summed E-state index contributed by atoms with van der Waals surface area (Å²) < 4.78 is 17.6. The van der Waals surface area contributed by atoms with Gasteiger partial charge in [-0.05, 0) is 30.9 Å². The molecule has 1 unspecified atom stereocenters. The SMILES string of the molecule is CC(=O)OC1[C@@H](OC(C)=O)CN(C[C@H]2CCCN(c3cccc4scnc34)C2)C[C@H]1OC(C)=O. The number of likely N-dealkylation sites (tertiary alicyclic amines) is 1. The lowest BCUT2D eigenvalue weighted by molar-refractivity contribution is -0.195. The number of piperidine rings is 2. The normalized spacial score (nSPS) is 25.7. The van der Waals surface area contributed by atoms with Crippen LogP contribution in [0.3, 0.4) is 0 Å². The van der Waals surface area contributed by atoms with Crippen molar-refractivity contribution in [1.29, 1.82) is 0 Å². The summed E-state index contributed by atoms with van der Waals surface area (Å²) in [6.07, 6.45) is -0.0997. The number of carbonyl (C=O) groups excluding carboxylic acids is 3. The third-order valence-corrected chi connectivity index (χ3v) is 7.06. The van der Waals surface area contributed by atoms with E-state index in [1.807, 2.05) is 5.51 Å². The van der Waals surface area contributed by atoms with Crippen LogP contribution in [0.5, 0.6) is 0 Å². The Morgan fingerprint density at radius 2 is 1.68 bits per heavy atom. The minimum absolute atomic E-state index is 0.379. The number of hydrogen-bond acceptors (Lipinski definition) is 10. The minimum Gasteiger partial charge on any atom is -0.457 e. The molecule has 3 heterocycles. The summed E-state index contributed by atoms with van der Waals surface area (Å²) in [4.78, 5) is 44.3. The Hall–Kier alpha value is -2.72. The molecule has 0 spiro atoms. The maximum absolute atomic E-state index is 11.8. The van der Waals surface area contributed by atoms with Gasteiger partial charge in [0.25, 0.3) is 0 Å². The van der Waals surface area contributed by atoms with Crippen molar-refractivity contribution >= 4 is 45.1 Å². The van der Waals surface area contributed by atoms with Crippen LogP contribution >= 0.6 is 11.3 Å². The minimum atomic E-state index is -0.827. The van der Waals surface area contributed by atoms with Gasteiger partial charge in [-0.2, -0.15) is 0 Å². The standard InChI is InChI=1S/C24H31N3O6S/c1-15(28)31-20-12-26(13-21(32-16(2)29)24(20)33-17(3)30)10-18-6-5-9-27(11-18)19-7-4-8-22-23(19)25-14-34-22/h4,7-8,14,18,20-21,24H,5-6,9-13H2,1-3H3/t18-,20-,21+,24?/m1/s1. The number of thiazole rings is 1. The second-order valence-electron chi connectivity index (χ2n) is 9.02. The first-order valence-corrected chi connectivity index (χ1v) is 12.5. The zero-order valence-electron chi connectivity index (χ0n) is 19.8. The summed E-state index contributed by atoms with van der Waals surface area (Å²) in [6.45, 7) is 7.38. The molecule has 2 aliphatic heterocycles. The van der Waals surface area contributed by atoms with Crippen LogP contribution in [0.2, 0.25) is 0 Å². The summed E-state index contributed by atoms with van der Waals surface area (Å²) in [5.41, 5.74) is 4.08. The van der Waals surface area contributed by atoms with Gasteiger partial charge in [0.1, 0.15) is 5.52 Å². The zero-order chi connectivity index (χ0) is 24.2. The van der Waals surface area contributed by atoms with E-state index in [1.54, 1.807) is 11.3 Å². The van der Waals surface area contributed by atoms with E-state index >= 15 is 0 Å². The number of carbonyl (C=O) groups is 3. The molecular weight excluding hydrogens is 458 g/mol. The van der Waals surface area contributed by atoms with Crippen LogP contribution in [0.1, 0.15) is 33.6 Å². The number of rotatable bonds is 6. The highest BCUT2D eigenvalue weighted by Crippen LogP contribution is 2.32. The third-order valence-electron chi connectivity index (χ3n) is 6.26. The molecule has 1 aromatic carbocycles. The van der Waals surface area contributed by atoms with Gasteiger partial charge < -0.3 is 19.1 Å². The Balaban J connectivity index is 1.48. The molecular formula is C24H31N3O6S. The van der Waals surface area contributed by atoms with Crippen molar-refractivity contribution in [3.63, 3.8) is 0 Å². The van der Waals surface area contributed by atoms with Crippen LogP contribution in [0.4, 0.5) is 5.69 Å². The highest BCUT2D eigenvalue weighted by molar-refractivity contribution is 7.16. The van der Waals surface area contributed by atoms with Gasteiger partial charge in [-0.25, -0.2) is 4.98 Å². The number of ether oxygens (including phenoxy) is 3. The van der Waals surface area contributed by atoms with Crippen molar-refractivity contribution in [2.75, 3.05) is 37.6 Å². The molecule has 0 bridgehead atoms. The Labute approximate surface area is 203 Å². The fourth-order valence-corrected chi connectivity index (χ4v) is 5.78. The molecule has 2 saturated heterocycles. The van der Waals surface area contributed by atoms with E-state index in [0.717, 1.165) is 43.7 Å². The fourth-order valence-electron chi connectivity index (χ4n) is 5.08. The Morgan fingerprint density at radius 1 is 1.00 bits per heavy atom. The van der Waals surface area contributed by atoms with E-state index in [2.05, 4.69) is 33.0 Å². The van der Waals surface area contributed by atoms with Crippen LogP contribution in [-0.4, -0.2) is 78.8 Å². The monoisotopic (exact) mass is 489 g/mol. The van der Waals surface area contributed by atoms with Crippen LogP contribution < -0.4 is 4.90 Å². The van der Waals surface area contributed by atoms with E-state index in [4.69, 9.17) is 14.2 Å². The predicted molar refractivity (Wildman–Crippen MR) is 128 cm³/mol. The lowest BCUT2D eigenvalue weighted by Crippen LogP contribution is -2.60. The first-order valence-electron chi connectivity index (χ1n) is 11.6. The number of hydrogen-bond donors (Lipinski definition) is 0. The zero-order valence-corrected chi connectivity index (χ0v) is 20.6. The Bertz CT molecular complexity index is 1020. The van der Waals surface area contributed by atoms with Gasteiger partial charge >= 0.3 is 17.9 Å². The maximum atomic E-state index is 11.8. The van der Waals surface area contributed by atoms with Crippen molar-refractivity contribution in [2.24, 2.45) is 5.92 Å². The fraction of sp³-hybridized carbons (Fsp3) is 0.583. The molecule has 1 aromatic heterocycles. The number of nitrogens with zero attached hydrogens (tertiary/aromatic N) is 3. The van der Waals surface area contributed by atoms with E-state index in [1.165, 1.54) is 25.5 Å². The smallest absolute Gasteiger partial charge is 0.303 e. The van der Waals surface area contributed by atoms with Crippen molar-refractivity contribution in [3.05, 3.63) is 23.7 Å². The number of esters is 3. The summed E-state index contributed by atoms with van der Waals surface area (Å²) in [5.74, 6) is -1.06. The van der Waals surface area contributed by atoms with Gasteiger partial charge in [0, 0.05) is 53.5 Å². The molecule has 10 heteroatoms. The molecule has 0 amide bonds. The molecule has 34 heavy (non-hydrogen) atoms. The summed E-state index contributed by atoms with van der Waals surface area (Å²) in [5, 5.41) is 0. The highest BCUT2D eigenvalue weighted by atomic mass is 32.1. The summed E-state index contributed by atoms with van der Waals surface area (Å²) in [6, 6.07) is 6.30. The molecule has 2 aromatic rings. The van der Waals surface area contributed by atoms with Gasteiger partial charge in [0.15, 0.2) is 18.3 Å². The van der Waals surface area contributed by atoms with Crippen LogP contribution in [0.25, 0.3) is 10.2 Å². The molecule has 4 rings (SSSR count). The van der Waals surface area contributed by atoms with Gasteiger partial charge in [-0.1, -0.05) is 6.07 Å². The molecule has 0 radical (unpaired) electrons. The predicted octanol–water partition coefficient (Wildman–Crippen LogP) is 2.62. The van der Waals surface area contributed by atoms with Gasteiger partial charge in [0.05, 0.1) is 15.9 Å². The molecule has 0 saturated carbocycles. The number of aromatic nitrogens is 1. The third kappa shape index (κ3) is 5.85. The second kappa shape index (κ2) is 10.7. The maximum Gasteiger partial charge on any atom is 0.303 e. The molecule has 2 fully saturated rings. The van der Waals surface area contributed by atoms with E-state index < -0.39 is 36.2 Å². The summed E-state index contributed by atoms with van der Waals surface area (Å²) >= 11 is 1.64. The molecule has 4 atom stereocenters.